The first-order chi connectivity index (χ1) is 13.8. The molecule has 2 N–H and O–H groups in total. The number of nitriles is 1. The summed E-state index contributed by atoms with van der Waals surface area (Å²) in [5.41, 5.74) is 8.27. The maximum absolute atomic E-state index is 9.33. The number of hydrogen-bond acceptors (Lipinski definition) is 7. The van der Waals surface area contributed by atoms with Gasteiger partial charge in [-0.2, -0.15) is 15.5 Å². The summed E-state index contributed by atoms with van der Waals surface area (Å²) in [6, 6.07) is 9.91. The van der Waals surface area contributed by atoms with Gasteiger partial charge in [0.1, 0.15) is 0 Å². The minimum absolute atomic E-state index is 0.586. The van der Waals surface area contributed by atoms with Gasteiger partial charge in [0.05, 0.1) is 29.7 Å². The highest BCUT2D eigenvalue weighted by atomic mass is 32.2. The van der Waals surface area contributed by atoms with Crippen LogP contribution in [-0.4, -0.2) is 39.6 Å². The summed E-state index contributed by atoms with van der Waals surface area (Å²) in [7, 11) is 0. The zero-order chi connectivity index (χ0) is 19.3. The monoisotopic (exact) mass is 391 g/mol. The van der Waals surface area contributed by atoms with Gasteiger partial charge < -0.3 is 10.6 Å². The highest BCUT2D eigenvalue weighted by molar-refractivity contribution is 7.99. The molecule has 3 aromatic rings. The van der Waals surface area contributed by atoms with E-state index in [4.69, 9.17) is 5.73 Å². The molecule has 0 aliphatic carbocycles. The molecule has 0 unspecified atom stereocenters. The normalized spacial score (nSPS) is 13.6. The van der Waals surface area contributed by atoms with Crippen molar-refractivity contribution in [1.29, 1.82) is 5.26 Å². The van der Waals surface area contributed by atoms with Gasteiger partial charge in [-0.25, -0.2) is 4.68 Å². The molecule has 0 bridgehead atoms. The van der Waals surface area contributed by atoms with Crippen LogP contribution in [0.1, 0.15) is 24.0 Å². The third-order valence-corrected chi connectivity index (χ3v) is 5.69. The van der Waals surface area contributed by atoms with E-state index in [1.54, 1.807) is 18.0 Å². The van der Waals surface area contributed by atoms with Crippen LogP contribution in [0.4, 0.5) is 5.82 Å². The van der Waals surface area contributed by atoms with Crippen molar-refractivity contribution in [1.82, 2.24) is 20.0 Å². The van der Waals surface area contributed by atoms with Crippen molar-refractivity contribution < 1.29 is 0 Å². The molecular weight excluding hydrogens is 370 g/mol. The third kappa shape index (κ3) is 4.01. The van der Waals surface area contributed by atoms with Crippen LogP contribution in [0.3, 0.4) is 0 Å². The predicted octanol–water partition coefficient (Wildman–Crippen LogP) is 2.79. The van der Waals surface area contributed by atoms with Crippen LogP contribution in [-0.2, 0) is 6.42 Å². The summed E-state index contributed by atoms with van der Waals surface area (Å²) in [4.78, 5) is 4.19. The Morgan fingerprint density at radius 3 is 2.82 bits per heavy atom. The largest absolute Gasteiger partial charge is 0.355 e. The lowest BCUT2D eigenvalue weighted by molar-refractivity contribution is 0.859. The summed E-state index contributed by atoms with van der Waals surface area (Å²) < 4.78 is 1.84. The van der Waals surface area contributed by atoms with E-state index in [-0.39, 0.29) is 0 Å². The third-order valence-electron chi connectivity index (χ3n) is 4.68. The Hall–Kier alpha value is -2.89. The summed E-state index contributed by atoms with van der Waals surface area (Å²) in [6.07, 6.45) is 8.75. The number of nitrogens with two attached hydrogens (primary N) is 1. The van der Waals surface area contributed by atoms with E-state index in [1.165, 1.54) is 12.8 Å². The summed E-state index contributed by atoms with van der Waals surface area (Å²) in [5.74, 6) is 0.907. The minimum atomic E-state index is 0.586. The number of hydrogen-bond donors (Lipinski definition) is 1. The standard InChI is InChI=1S/C20H21N7S/c21-6-5-16-12-24-27(14-16)18-4-3-15(11-22)9-19(18)28-17-10-20(25-23-13-17)26-7-1-2-8-26/h3-4,9-10,12-14H,1-2,5-8,21H2. The van der Waals surface area contributed by atoms with Gasteiger partial charge in [-0.1, -0.05) is 11.8 Å². The topological polar surface area (TPSA) is 96.6 Å². The Morgan fingerprint density at radius 2 is 2.04 bits per heavy atom. The van der Waals surface area contributed by atoms with E-state index in [2.05, 4.69) is 32.3 Å². The van der Waals surface area contributed by atoms with Crippen molar-refractivity contribution in [2.45, 2.75) is 29.1 Å². The zero-order valence-corrected chi connectivity index (χ0v) is 16.3. The molecule has 8 heteroatoms. The average molecular weight is 392 g/mol. The van der Waals surface area contributed by atoms with Crippen molar-refractivity contribution in [3.8, 4) is 11.8 Å². The fourth-order valence-corrected chi connectivity index (χ4v) is 4.23. The number of nitrogens with zero attached hydrogens (tertiary/aromatic N) is 6. The smallest absolute Gasteiger partial charge is 0.152 e. The lowest BCUT2D eigenvalue weighted by atomic mass is 10.2. The molecule has 28 heavy (non-hydrogen) atoms. The van der Waals surface area contributed by atoms with Crippen molar-refractivity contribution >= 4 is 17.6 Å². The summed E-state index contributed by atoms with van der Waals surface area (Å²) in [5, 5.41) is 22.3. The van der Waals surface area contributed by atoms with Gasteiger partial charge in [0, 0.05) is 29.1 Å². The molecule has 7 nitrogen and oxygen atoms in total. The molecule has 0 amide bonds. The van der Waals surface area contributed by atoms with Gasteiger partial charge in [0.2, 0.25) is 0 Å². The maximum Gasteiger partial charge on any atom is 0.152 e. The van der Waals surface area contributed by atoms with Crippen LogP contribution in [0, 0.1) is 11.3 Å². The van der Waals surface area contributed by atoms with Crippen LogP contribution in [0.25, 0.3) is 5.69 Å². The summed E-state index contributed by atoms with van der Waals surface area (Å²) in [6.45, 7) is 2.63. The van der Waals surface area contributed by atoms with E-state index in [0.717, 1.165) is 46.4 Å². The van der Waals surface area contributed by atoms with Crippen molar-refractivity contribution in [3.63, 3.8) is 0 Å². The number of aromatic nitrogens is 4. The second-order valence-electron chi connectivity index (χ2n) is 6.67. The molecule has 1 saturated heterocycles. The molecule has 1 fully saturated rings. The Bertz CT molecular complexity index is 1000. The lowest BCUT2D eigenvalue weighted by Gasteiger charge is -2.16. The average Bonchev–Trinajstić information content (AvgIpc) is 3.41. The Kier molecular flexibility index (Phi) is 5.55. The highest BCUT2D eigenvalue weighted by Gasteiger charge is 2.16. The van der Waals surface area contributed by atoms with Gasteiger partial charge in [0.25, 0.3) is 0 Å². The molecule has 0 saturated carbocycles. The van der Waals surface area contributed by atoms with Crippen LogP contribution in [0.5, 0.6) is 0 Å². The summed E-state index contributed by atoms with van der Waals surface area (Å²) >= 11 is 1.57. The SMILES string of the molecule is N#Cc1ccc(-n2cc(CCN)cn2)c(Sc2cnnc(N3CCCC3)c2)c1. The molecule has 3 heterocycles. The first-order valence-corrected chi connectivity index (χ1v) is 10.1. The molecule has 2 aromatic heterocycles. The fraction of sp³-hybridized carbons (Fsp3) is 0.300. The Labute approximate surface area is 168 Å². The molecule has 1 aliphatic heterocycles. The quantitative estimate of drug-likeness (QED) is 0.690. The van der Waals surface area contributed by atoms with E-state index in [9.17, 15) is 5.26 Å². The minimum Gasteiger partial charge on any atom is -0.355 e. The lowest BCUT2D eigenvalue weighted by Crippen LogP contribution is -2.19. The molecule has 4 rings (SSSR count). The van der Waals surface area contributed by atoms with Crippen molar-refractivity contribution in [3.05, 3.63) is 54.0 Å². The van der Waals surface area contributed by atoms with Crippen LogP contribution in [0.15, 0.2) is 52.6 Å². The molecule has 0 atom stereocenters. The van der Waals surface area contributed by atoms with E-state index in [1.807, 2.05) is 35.3 Å². The number of anilines is 1. The second kappa shape index (κ2) is 8.42. The van der Waals surface area contributed by atoms with Gasteiger partial charge >= 0.3 is 0 Å². The molecule has 0 spiro atoms. The fourth-order valence-electron chi connectivity index (χ4n) is 3.26. The first-order valence-electron chi connectivity index (χ1n) is 9.30. The van der Waals surface area contributed by atoms with Crippen LogP contribution in [0.2, 0.25) is 0 Å². The Balaban J connectivity index is 1.66. The highest BCUT2D eigenvalue weighted by Crippen LogP contribution is 2.34. The number of rotatable bonds is 6. The maximum atomic E-state index is 9.33. The van der Waals surface area contributed by atoms with Gasteiger partial charge in [0.15, 0.2) is 5.82 Å². The zero-order valence-electron chi connectivity index (χ0n) is 15.5. The van der Waals surface area contributed by atoms with Crippen LogP contribution >= 0.6 is 11.8 Å². The second-order valence-corrected chi connectivity index (χ2v) is 7.79. The molecular formula is C20H21N7S. The molecule has 1 aliphatic rings. The van der Waals surface area contributed by atoms with Crippen molar-refractivity contribution in [2.24, 2.45) is 5.73 Å². The van der Waals surface area contributed by atoms with E-state index >= 15 is 0 Å². The van der Waals surface area contributed by atoms with Gasteiger partial charge in [-0.3, -0.25) is 0 Å². The first kappa shape index (κ1) is 18.5. The van der Waals surface area contributed by atoms with Crippen LogP contribution < -0.4 is 10.6 Å². The van der Waals surface area contributed by atoms with Crippen molar-refractivity contribution in [2.75, 3.05) is 24.5 Å². The molecule has 1 aromatic carbocycles. The molecule has 0 radical (unpaired) electrons. The van der Waals surface area contributed by atoms with E-state index in [0.29, 0.717) is 12.1 Å². The van der Waals surface area contributed by atoms with E-state index < -0.39 is 0 Å². The molecule has 142 valence electrons. The number of benzene rings is 1. The Morgan fingerprint density at radius 1 is 1.18 bits per heavy atom. The van der Waals surface area contributed by atoms with Gasteiger partial charge in [-0.05, 0) is 55.6 Å². The predicted molar refractivity (Wildman–Crippen MR) is 109 cm³/mol. The van der Waals surface area contributed by atoms with Gasteiger partial charge in [-0.15, -0.1) is 5.10 Å².